The van der Waals surface area contributed by atoms with Gasteiger partial charge in [0.05, 0.1) is 12.2 Å². The molecule has 1 fully saturated rings. The summed E-state index contributed by atoms with van der Waals surface area (Å²) in [5.41, 5.74) is -1.36. The van der Waals surface area contributed by atoms with E-state index in [1.807, 2.05) is 20.8 Å². The minimum Gasteiger partial charge on any atom is -0.477 e. The summed E-state index contributed by atoms with van der Waals surface area (Å²) in [6.45, 7) is 6.85. The molecule has 1 atom stereocenters. The lowest BCUT2D eigenvalue weighted by Gasteiger charge is -2.33. The Labute approximate surface area is 145 Å². The Morgan fingerprint density at radius 3 is 2.60 bits per heavy atom. The van der Waals surface area contributed by atoms with E-state index in [1.165, 1.54) is 6.07 Å². The van der Waals surface area contributed by atoms with Gasteiger partial charge in [-0.3, -0.25) is 0 Å². The summed E-state index contributed by atoms with van der Waals surface area (Å²) < 4.78 is 48.4. The van der Waals surface area contributed by atoms with E-state index in [-0.39, 0.29) is 24.5 Å². The average molecular weight is 360 g/mol. The maximum absolute atomic E-state index is 12.5. The SMILES string of the molecule is CC(C)(C)OC(=O)N1CCCC(COc2ccc(C(F)(F)F)cn2)C1. The number of halogens is 3. The second-order valence-electron chi connectivity index (χ2n) is 7.13. The van der Waals surface area contributed by atoms with E-state index in [4.69, 9.17) is 9.47 Å². The highest BCUT2D eigenvalue weighted by Crippen LogP contribution is 2.29. The van der Waals surface area contributed by atoms with Gasteiger partial charge < -0.3 is 14.4 Å². The minimum absolute atomic E-state index is 0.0883. The number of ether oxygens (including phenoxy) is 2. The molecule has 8 heteroatoms. The molecule has 1 aromatic rings. The van der Waals surface area contributed by atoms with Crippen molar-refractivity contribution < 1.29 is 27.4 Å². The van der Waals surface area contributed by atoms with Crippen LogP contribution in [-0.4, -0.2) is 41.3 Å². The summed E-state index contributed by atoms with van der Waals surface area (Å²) in [4.78, 5) is 17.4. The Hall–Kier alpha value is -1.99. The number of alkyl halides is 3. The Kier molecular flexibility index (Phi) is 5.80. The van der Waals surface area contributed by atoms with Gasteiger partial charge in [-0.1, -0.05) is 0 Å². The van der Waals surface area contributed by atoms with Crippen molar-refractivity contribution in [1.29, 1.82) is 0 Å². The van der Waals surface area contributed by atoms with Gasteiger partial charge in [-0.25, -0.2) is 9.78 Å². The molecule has 1 aliphatic rings. The summed E-state index contributed by atoms with van der Waals surface area (Å²) >= 11 is 0. The van der Waals surface area contributed by atoms with E-state index >= 15 is 0 Å². The molecule has 0 N–H and O–H groups in total. The molecule has 0 saturated carbocycles. The quantitative estimate of drug-likeness (QED) is 0.813. The average Bonchev–Trinajstić information content (AvgIpc) is 2.51. The minimum atomic E-state index is -4.41. The Bertz CT molecular complexity index is 582. The first-order chi connectivity index (χ1) is 11.5. The van der Waals surface area contributed by atoms with Gasteiger partial charge in [0.1, 0.15) is 5.60 Å². The highest BCUT2D eigenvalue weighted by atomic mass is 19.4. The van der Waals surface area contributed by atoms with Gasteiger partial charge in [0.2, 0.25) is 5.88 Å². The van der Waals surface area contributed by atoms with Gasteiger partial charge in [-0.05, 0) is 39.7 Å². The predicted octanol–water partition coefficient (Wildman–Crippen LogP) is 4.13. The van der Waals surface area contributed by atoms with Crippen LogP contribution >= 0.6 is 0 Å². The predicted molar refractivity (Wildman–Crippen MR) is 85.3 cm³/mol. The Balaban J connectivity index is 1.85. The topological polar surface area (TPSA) is 51.7 Å². The number of hydrogen-bond donors (Lipinski definition) is 0. The maximum Gasteiger partial charge on any atom is 0.417 e. The first-order valence-corrected chi connectivity index (χ1v) is 8.18. The number of aromatic nitrogens is 1. The van der Waals surface area contributed by atoms with E-state index in [1.54, 1.807) is 4.90 Å². The number of hydrogen-bond acceptors (Lipinski definition) is 4. The van der Waals surface area contributed by atoms with Crippen molar-refractivity contribution in [2.24, 2.45) is 5.92 Å². The van der Waals surface area contributed by atoms with Gasteiger partial charge in [0.25, 0.3) is 0 Å². The third-order valence-corrected chi connectivity index (χ3v) is 3.70. The first kappa shape index (κ1) is 19.3. The standard InChI is InChI=1S/C17H23F3N2O3/c1-16(2,3)25-15(23)22-8-4-5-12(10-22)11-24-14-7-6-13(9-21-14)17(18,19)20/h6-7,9,12H,4-5,8,10-11H2,1-3H3. The van der Waals surface area contributed by atoms with Crippen LogP contribution in [0.3, 0.4) is 0 Å². The molecule has 1 unspecified atom stereocenters. The monoisotopic (exact) mass is 360 g/mol. The van der Waals surface area contributed by atoms with Gasteiger partial charge in [-0.15, -0.1) is 0 Å². The smallest absolute Gasteiger partial charge is 0.417 e. The Morgan fingerprint density at radius 1 is 1.32 bits per heavy atom. The fourth-order valence-electron chi connectivity index (χ4n) is 2.53. The van der Waals surface area contributed by atoms with Crippen LogP contribution in [0.5, 0.6) is 5.88 Å². The molecule has 0 spiro atoms. The van der Waals surface area contributed by atoms with E-state index in [2.05, 4.69) is 4.98 Å². The van der Waals surface area contributed by atoms with Crippen LogP contribution in [0.2, 0.25) is 0 Å². The third kappa shape index (κ3) is 6.10. The van der Waals surface area contributed by atoms with Crippen molar-refractivity contribution >= 4 is 6.09 Å². The molecule has 0 aliphatic carbocycles. The molecule has 0 aromatic carbocycles. The first-order valence-electron chi connectivity index (χ1n) is 8.18. The number of carbonyl (C=O) groups is 1. The molecule has 0 radical (unpaired) electrons. The van der Waals surface area contributed by atoms with Crippen LogP contribution in [-0.2, 0) is 10.9 Å². The number of pyridine rings is 1. The number of likely N-dealkylation sites (tertiary alicyclic amines) is 1. The lowest BCUT2D eigenvalue weighted by Crippen LogP contribution is -2.44. The van der Waals surface area contributed by atoms with Crippen LogP contribution in [0.15, 0.2) is 18.3 Å². The molecule has 1 aliphatic heterocycles. The zero-order chi connectivity index (χ0) is 18.7. The van der Waals surface area contributed by atoms with Gasteiger partial charge in [0.15, 0.2) is 0 Å². The lowest BCUT2D eigenvalue weighted by atomic mass is 9.99. The van der Waals surface area contributed by atoms with Crippen LogP contribution in [0.4, 0.5) is 18.0 Å². The molecule has 140 valence electrons. The summed E-state index contributed by atoms with van der Waals surface area (Å²) in [5.74, 6) is 0.229. The van der Waals surface area contributed by atoms with Crippen molar-refractivity contribution in [2.45, 2.75) is 45.4 Å². The molecule has 1 aromatic heterocycles. The molecular weight excluding hydrogens is 337 g/mol. The zero-order valence-corrected chi connectivity index (χ0v) is 14.6. The lowest BCUT2D eigenvalue weighted by molar-refractivity contribution is -0.137. The molecular formula is C17H23F3N2O3. The number of piperidine rings is 1. The van der Waals surface area contributed by atoms with Gasteiger partial charge >= 0.3 is 12.3 Å². The summed E-state index contributed by atoms with van der Waals surface area (Å²) in [7, 11) is 0. The largest absolute Gasteiger partial charge is 0.477 e. The number of amides is 1. The van der Waals surface area contributed by atoms with E-state index in [9.17, 15) is 18.0 Å². The second-order valence-corrected chi connectivity index (χ2v) is 7.13. The molecule has 2 rings (SSSR count). The van der Waals surface area contributed by atoms with Crippen molar-refractivity contribution in [3.8, 4) is 5.88 Å². The molecule has 1 saturated heterocycles. The van der Waals surface area contributed by atoms with E-state index in [0.717, 1.165) is 25.1 Å². The van der Waals surface area contributed by atoms with E-state index in [0.29, 0.717) is 13.1 Å². The van der Waals surface area contributed by atoms with E-state index < -0.39 is 17.3 Å². The maximum atomic E-state index is 12.5. The van der Waals surface area contributed by atoms with Crippen LogP contribution in [0.1, 0.15) is 39.2 Å². The number of carbonyl (C=O) groups excluding carboxylic acids is 1. The van der Waals surface area contributed by atoms with Crippen LogP contribution < -0.4 is 4.74 Å². The number of nitrogens with zero attached hydrogens (tertiary/aromatic N) is 2. The van der Waals surface area contributed by atoms with Crippen molar-refractivity contribution in [1.82, 2.24) is 9.88 Å². The molecule has 5 nitrogen and oxygen atoms in total. The summed E-state index contributed by atoms with van der Waals surface area (Å²) in [6.07, 6.45) is -2.32. The van der Waals surface area contributed by atoms with Crippen molar-refractivity contribution in [3.63, 3.8) is 0 Å². The Morgan fingerprint density at radius 2 is 2.04 bits per heavy atom. The van der Waals surface area contributed by atoms with Gasteiger partial charge in [0, 0.05) is 31.3 Å². The summed E-state index contributed by atoms with van der Waals surface area (Å²) in [5, 5.41) is 0. The molecule has 1 amide bonds. The number of rotatable bonds is 3. The second kappa shape index (κ2) is 7.49. The van der Waals surface area contributed by atoms with Crippen LogP contribution in [0, 0.1) is 5.92 Å². The summed E-state index contributed by atoms with van der Waals surface area (Å²) in [6, 6.07) is 2.15. The van der Waals surface area contributed by atoms with Crippen molar-refractivity contribution in [3.05, 3.63) is 23.9 Å². The normalized spacial score (nSPS) is 18.8. The van der Waals surface area contributed by atoms with Crippen molar-refractivity contribution in [2.75, 3.05) is 19.7 Å². The molecule has 2 heterocycles. The molecule has 0 bridgehead atoms. The molecule has 25 heavy (non-hydrogen) atoms. The fourth-order valence-corrected chi connectivity index (χ4v) is 2.53. The van der Waals surface area contributed by atoms with Gasteiger partial charge in [-0.2, -0.15) is 13.2 Å². The highest BCUT2D eigenvalue weighted by Gasteiger charge is 2.31. The third-order valence-electron chi connectivity index (χ3n) is 3.70. The zero-order valence-electron chi connectivity index (χ0n) is 14.6. The van der Waals surface area contributed by atoms with Crippen LogP contribution in [0.25, 0.3) is 0 Å². The fraction of sp³-hybridized carbons (Fsp3) is 0.647. The highest BCUT2D eigenvalue weighted by molar-refractivity contribution is 5.68.